The van der Waals surface area contributed by atoms with Gasteiger partial charge in [0.05, 0.1) is 5.56 Å². The van der Waals surface area contributed by atoms with E-state index in [1.807, 2.05) is 0 Å². The van der Waals surface area contributed by atoms with E-state index in [1.165, 1.54) is 30.3 Å². The Morgan fingerprint density at radius 1 is 0.953 bits per heavy atom. The minimum absolute atomic E-state index is 0.0406. The lowest BCUT2D eigenvalue weighted by molar-refractivity contribution is -0.121. The molecule has 0 spiro atoms. The van der Waals surface area contributed by atoms with Crippen molar-refractivity contribution < 1.29 is 29.0 Å². The molecule has 224 valence electrons. The van der Waals surface area contributed by atoms with Gasteiger partial charge in [0.15, 0.2) is 5.43 Å². The zero-order valence-electron chi connectivity index (χ0n) is 24.0. The Bertz CT molecular complexity index is 1690. The van der Waals surface area contributed by atoms with Crippen LogP contribution in [0.15, 0.2) is 63.8 Å². The maximum Gasteiger partial charge on any atom is 0.336 e. The fourth-order valence-corrected chi connectivity index (χ4v) is 5.53. The Kier molecular flexibility index (Phi) is 9.06. The number of carbonyl (C=O) groups excluding carboxylic acids is 2. The maximum absolute atomic E-state index is 12.9. The number of hydrogen-bond donors (Lipinski definition) is 4. The molecule has 43 heavy (non-hydrogen) atoms. The summed E-state index contributed by atoms with van der Waals surface area (Å²) in [5, 5.41) is 26.5. The number of unbranched alkanes of at least 4 members (excludes halogenated alkanes) is 2. The molecule has 5 rings (SSSR count). The number of hydrogen-bond acceptors (Lipinski definition) is 7. The molecule has 1 aliphatic carbocycles. The predicted octanol–water partition coefficient (Wildman–Crippen LogP) is 4.33. The highest BCUT2D eigenvalue weighted by Gasteiger charge is 2.25. The molecule has 3 aliphatic rings. The molecule has 0 atom stereocenters. The van der Waals surface area contributed by atoms with Gasteiger partial charge in [-0.25, -0.2) is 4.79 Å². The molecule has 0 saturated carbocycles. The van der Waals surface area contributed by atoms with Gasteiger partial charge < -0.3 is 30.2 Å². The van der Waals surface area contributed by atoms with Crippen LogP contribution in [0.25, 0.3) is 33.4 Å². The van der Waals surface area contributed by atoms with Gasteiger partial charge in [-0.05, 0) is 61.3 Å². The Morgan fingerprint density at radius 3 is 2.51 bits per heavy atom. The van der Waals surface area contributed by atoms with E-state index in [-0.39, 0.29) is 39.6 Å². The van der Waals surface area contributed by atoms with Crippen LogP contribution in [0.2, 0.25) is 0 Å². The van der Waals surface area contributed by atoms with Gasteiger partial charge in [0.2, 0.25) is 5.91 Å². The second kappa shape index (κ2) is 13.1. The van der Waals surface area contributed by atoms with E-state index >= 15 is 0 Å². The molecule has 2 aromatic rings. The van der Waals surface area contributed by atoms with Gasteiger partial charge in [-0.1, -0.05) is 19.4 Å². The summed E-state index contributed by atoms with van der Waals surface area (Å²) in [4.78, 5) is 51.7. The molecule has 0 bridgehead atoms. The molecule has 0 radical (unpaired) electrons. The molecule has 2 aliphatic heterocycles. The van der Waals surface area contributed by atoms with Gasteiger partial charge in [0.25, 0.3) is 5.91 Å². The van der Waals surface area contributed by atoms with E-state index in [1.54, 1.807) is 24.3 Å². The highest BCUT2D eigenvalue weighted by atomic mass is 16.4. The molecule has 2 amide bonds. The summed E-state index contributed by atoms with van der Waals surface area (Å²) in [5.74, 6) is -0.813. The van der Waals surface area contributed by atoms with E-state index in [0.717, 1.165) is 39.0 Å². The lowest BCUT2D eigenvalue weighted by Crippen LogP contribution is -2.51. The van der Waals surface area contributed by atoms with Crippen LogP contribution in [-0.2, 0) is 4.79 Å². The van der Waals surface area contributed by atoms with Gasteiger partial charge in [-0.2, -0.15) is 0 Å². The van der Waals surface area contributed by atoms with Crippen molar-refractivity contribution in [2.45, 2.75) is 32.6 Å². The number of nitrogens with zero attached hydrogens (tertiary/aromatic N) is 1. The number of aromatic carboxylic acids is 1. The quantitative estimate of drug-likeness (QED) is 0.142. The molecule has 10 nitrogen and oxygen atoms in total. The lowest BCUT2D eigenvalue weighted by Gasteiger charge is -2.38. The number of nitrogens with one attached hydrogen (secondary N) is 2. The molecule has 0 unspecified atom stereocenters. The van der Waals surface area contributed by atoms with E-state index in [0.29, 0.717) is 47.4 Å². The molecule has 2 aromatic carbocycles. The lowest BCUT2D eigenvalue weighted by atomic mass is 9.90. The highest BCUT2D eigenvalue weighted by Crippen LogP contribution is 2.42. The van der Waals surface area contributed by atoms with E-state index in [2.05, 4.69) is 22.5 Å². The summed E-state index contributed by atoms with van der Waals surface area (Å²) < 4.78 is 5.86. The van der Waals surface area contributed by atoms with Crippen molar-refractivity contribution in [2.24, 2.45) is 5.92 Å². The number of carboxylic acids is 1. The number of rotatable bonds is 12. The van der Waals surface area contributed by atoms with Crippen molar-refractivity contribution >= 4 is 28.8 Å². The van der Waals surface area contributed by atoms with Gasteiger partial charge >= 0.3 is 5.97 Å². The monoisotopic (exact) mass is 585 g/mol. The standard InChI is InChI=1S/C33H35N3O7/c1-2-36-18-20(19-36)17-35-30(39)6-4-3-5-13-34-32(40)21-7-10-24(27(14-21)33(41)42)31-25-11-8-22(37)15-28(25)43-29-16-23(38)9-12-26(29)31/h7-12,14-16,20,37H,2-6,13,17-19H2,1H3,(H,34,40)(H,35,39)(H,41,42). The van der Waals surface area contributed by atoms with Crippen LogP contribution < -0.4 is 16.1 Å². The van der Waals surface area contributed by atoms with Crippen molar-refractivity contribution in [3.8, 4) is 28.2 Å². The molecule has 1 saturated heterocycles. The largest absolute Gasteiger partial charge is 0.508 e. The number of carboxylic acid groups (broad SMARTS) is 1. The number of aromatic hydroxyl groups is 1. The first-order valence-corrected chi connectivity index (χ1v) is 14.6. The smallest absolute Gasteiger partial charge is 0.336 e. The van der Waals surface area contributed by atoms with E-state index in [9.17, 15) is 29.4 Å². The second-order valence-electron chi connectivity index (χ2n) is 11.0. The number of phenolic OH excluding ortho intramolecular Hbond substituents is 1. The minimum atomic E-state index is -1.22. The number of amides is 2. The Hall–Kier alpha value is -4.70. The normalized spacial score (nSPS) is 13.6. The van der Waals surface area contributed by atoms with Crippen LogP contribution in [0.5, 0.6) is 5.75 Å². The SMILES string of the molecule is CCN1CC(CNC(=O)CCCCCNC(=O)c2ccc(-c3c4ccc(=O)cc-4oc4cc(O)ccc34)c(C(=O)O)c2)C1. The molecule has 4 N–H and O–H groups in total. The average Bonchev–Trinajstić information content (AvgIpc) is 2.96. The second-order valence-corrected chi connectivity index (χ2v) is 11.0. The third-order valence-corrected chi connectivity index (χ3v) is 7.89. The van der Waals surface area contributed by atoms with Crippen LogP contribution >= 0.6 is 0 Å². The number of phenols is 1. The van der Waals surface area contributed by atoms with Crippen LogP contribution in [0, 0.1) is 5.92 Å². The summed E-state index contributed by atoms with van der Waals surface area (Å²) >= 11 is 0. The summed E-state index contributed by atoms with van der Waals surface area (Å²) in [6, 6.07) is 13.2. The summed E-state index contributed by atoms with van der Waals surface area (Å²) in [6.45, 7) is 6.38. The molecule has 1 fully saturated rings. The van der Waals surface area contributed by atoms with Gasteiger partial charge in [-0.3, -0.25) is 14.4 Å². The first kappa shape index (κ1) is 29.8. The van der Waals surface area contributed by atoms with Crippen molar-refractivity contribution in [3.63, 3.8) is 0 Å². The zero-order chi connectivity index (χ0) is 30.5. The van der Waals surface area contributed by atoms with Crippen LogP contribution in [0.4, 0.5) is 0 Å². The molecule has 0 aromatic heterocycles. The topological polar surface area (TPSA) is 149 Å². The molecular formula is C33H35N3O7. The number of carbonyl (C=O) groups is 3. The Morgan fingerprint density at radius 2 is 1.74 bits per heavy atom. The van der Waals surface area contributed by atoms with Crippen molar-refractivity contribution in [1.82, 2.24) is 15.5 Å². The van der Waals surface area contributed by atoms with Crippen LogP contribution in [-0.4, -0.2) is 65.6 Å². The van der Waals surface area contributed by atoms with Crippen molar-refractivity contribution in [2.75, 3.05) is 32.7 Å². The summed E-state index contributed by atoms with van der Waals surface area (Å²) in [5.41, 5.74) is 1.51. The van der Waals surface area contributed by atoms with Crippen LogP contribution in [0.3, 0.4) is 0 Å². The summed E-state index contributed by atoms with van der Waals surface area (Å²) in [6.07, 6.45) is 2.65. The number of likely N-dealkylation sites (tertiary alicyclic amines) is 1. The Balaban J connectivity index is 1.22. The summed E-state index contributed by atoms with van der Waals surface area (Å²) in [7, 11) is 0. The van der Waals surface area contributed by atoms with Gasteiger partial charge in [0, 0.05) is 72.7 Å². The van der Waals surface area contributed by atoms with Crippen LogP contribution in [0.1, 0.15) is 53.3 Å². The maximum atomic E-state index is 12.9. The first-order valence-electron chi connectivity index (χ1n) is 14.6. The number of fused-ring (bicyclic) bond motifs is 2. The third kappa shape index (κ3) is 6.86. The third-order valence-electron chi connectivity index (χ3n) is 7.89. The fourth-order valence-electron chi connectivity index (χ4n) is 5.53. The Labute approximate surface area is 248 Å². The van der Waals surface area contributed by atoms with E-state index in [4.69, 9.17) is 4.42 Å². The average molecular weight is 586 g/mol. The fraction of sp³-hybridized carbons (Fsp3) is 0.333. The zero-order valence-corrected chi connectivity index (χ0v) is 24.0. The van der Waals surface area contributed by atoms with Gasteiger partial charge in [0.1, 0.15) is 17.1 Å². The van der Waals surface area contributed by atoms with Gasteiger partial charge in [-0.15, -0.1) is 0 Å². The molecule has 10 heteroatoms. The predicted molar refractivity (Wildman–Crippen MR) is 163 cm³/mol. The molecular weight excluding hydrogens is 550 g/mol. The first-order chi connectivity index (χ1) is 20.7. The molecule has 2 heterocycles. The minimum Gasteiger partial charge on any atom is -0.508 e. The highest BCUT2D eigenvalue weighted by molar-refractivity contribution is 6.09. The van der Waals surface area contributed by atoms with Crippen molar-refractivity contribution in [1.29, 1.82) is 0 Å². The van der Waals surface area contributed by atoms with Crippen molar-refractivity contribution in [3.05, 3.63) is 75.9 Å². The van der Waals surface area contributed by atoms with E-state index < -0.39 is 11.9 Å². The number of benzene rings is 3.